The number of hydrogen-bond acceptors (Lipinski definition) is 3. The third-order valence-corrected chi connectivity index (χ3v) is 3.11. The summed E-state index contributed by atoms with van der Waals surface area (Å²) in [6.45, 7) is 2.12. The molecule has 0 fully saturated rings. The lowest BCUT2D eigenvalue weighted by Gasteiger charge is -1.98. The average Bonchev–Trinajstić information content (AvgIpc) is 2.61. The van der Waals surface area contributed by atoms with E-state index in [1.807, 2.05) is 18.2 Å². The number of nitrogen functional groups attached to an aromatic ring is 1. The Balaban J connectivity index is 0.00000112. The molecule has 0 unspecified atom stereocenters. The van der Waals surface area contributed by atoms with Crippen molar-refractivity contribution in [1.82, 2.24) is 4.98 Å². The highest BCUT2D eigenvalue weighted by atomic mass is 35.5. The van der Waals surface area contributed by atoms with Gasteiger partial charge in [-0.3, -0.25) is 0 Å². The van der Waals surface area contributed by atoms with Gasteiger partial charge in [0.15, 0.2) is 5.13 Å². The van der Waals surface area contributed by atoms with Gasteiger partial charge in [-0.25, -0.2) is 4.98 Å². The van der Waals surface area contributed by atoms with Crippen LogP contribution in [0.3, 0.4) is 0 Å². The number of hydrogen-bond donors (Lipinski definition) is 1. The molecule has 0 amide bonds. The van der Waals surface area contributed by atoms with Gasteiger partial charge in [0.05, 0.1) is 5.69 Å². The van der Waals surface area contributed by atoms with Crippen LogP contribution >= 0.6 is 23.7 Å². The lowest BCUT2D eigenvalue weighted by atomic mass is 10.1. The highest BCUT2D eigenvalue weighted by Gasteiger charge is 2.08. The lowest BCUT2D eigenvalue weighted by Crippen LogP contribution is -1.84. The molecule has 0 saturated heterocycles. The quantitative estimate of drug-likeness (QED) is 0.874. The Bertz CT molecular complexity index is 425. The highest BCUT2D eigenvalue weighted by molar-refractivity contribution is 7.15. The summed E-state index contributed by atoms with van der Waals surface area (Å²) in [7, 11) is 0. The van der Waals surface area contributed by atoms with Crippen molar-refractivity contribution in [1.29, 1.82) is 0 Å². The van der Waals surface area contributed by atoms with Crippen LogP contribution < -0.4 is 5.73 Å². The fraction of sp³-hybridized carbons (Fsp3) is 0.182. The molecular weight excluding hydrogens is 228 g/mol. The highest BCUT2D eigenvalue weighted by Crippen LogP contribution is 2.29. The second-order valence-corrected chi connectivity index (χ2v) is 4.16. The first-order chi connectivity index (χ1) is 6.81. The normalized spacial score (nSPS) is 9.67. The number of rotatable bonds is 2. The van der Waals surface area contributed by atoms with Crippen LogP contribution in [0.1, 0.15) is 11.8 Å². The zero-order chi connectivity index (χ0) is 9.97. The summed E-state index contributed by atoms with van der Waals surface area (Å²) in [6.07, 6.45) is 0.985. The Kier molecular flexibility index (Phi) is 4.12. The van der Waals surface area contributed by atoms with Crippen LogP contribution in [0.15, 0.2) is 30.3 Å². The molecule has 15 heavy (non-hydrogen) atoms. The van der Waals surface area contributed by atoms with Crippen molar-refractivity contribution in [3.8, 4) is 11.3 Å². The number of nitrogens with zero attached hydrogens (tertiary/aromatic N) is 1. The fourth-order valence-corrected chi connectivity index (χ4v) is 2.22. The van der Waals surface area contributed by atoms with E-state index in [4.69, 9.17) is 5.73 Å². The smallest absolute Gasteiger partial charge is 0.180 e. The molecule has 2 aromatic rings. The van der Waals surface area contributed by atoms with Crippen LogP contribution in [0.25, 0.3) is 11.3 Å². The van der Waals surface area contributed by atoms with Gasteiger partial charge in [-0.1, -0.05) is 37.3 Å². The van der Waals surface area contributed by atoms with Crippen molar-refractivity contribution in [3.05, 3.63) is 35.2 Å². The van der Waals surface area contributed by atoms with Gasteiger partial charge in [0.25, 0.3) is 0 Å². The fourth-order valence-electron chi connectivity index (χ4n) is 1.43. The summed E-state index contributed by atoms with van der Waals surface area (Å²) >= 11 is 1.58. The molecule has 0 saturated carbocycles. The van der Waals surface area contributed by atoms with Gasteiger partial charge in [-0.15, -0.1) is 23.7 Å². The zero-order valence-electron chi connectivity index (χ0n) is 8.43. The summed E-state index contributed by atoms with van der Waals surface area (Å²) in [6, 6.07) is 10.2. The minimum atomic E-state index is 0. The van der Waals surface area contributed by atoms with Gasteiger partial charge in [0.1, 0.15) is 0 Å². The third-order valence-electron chi connectivity index (χ3n) is 2.08. The zero-order valence-corrected chi connectivity index (χ0v) is 10.1. The van der Waals surface area contributed by atoms with Crippen LogP contribution in [0.2, 0.25) is 0 Å². The average molecular weight is 241 g/mol. The van der Waals surface area contributed by atoms with Crippen LogP contribution in [-0.4, -0.2) is 4.98 Å². The second kappa shape index (κ2) is 5.14. The van der Waals surface area contributed by atoms with Crippen molar-refractivity contribution in [3.63, 3.8) is 0 Å². The molecule has 0 aliphatic heterocycles. The number of thiazole rings is 1. The molecule has 0 spiro atoms. The van der Waals surface area contributed by atoms with Crippen molar-refractivity contribution < 1.29 is 0 Å². The van der Waals surface area contributed by atoms with E-state index >= 15 is 0 Å². The predicted octanol–water partition coefficient (Wildman–Crippen LogP) is 3.38. The molecule has 0 bridgehead atoms. The molecule has 0 radical (unpaired) electrons. The maximum atomic E-state index is 5.70. The number of nitrogens with two attached hydrogens (primary N) is 1. The van der Waals surface area contributed by atoms with Crippen molar-refractivity contribution >= 4 is 28.9 Å². The van der Waals surface area contributed by atoms with E-state index in [2.05, 4.69) is 24.0 Å². The van der Waals surface area contributed by atoms with Gasteiger partial charge >= 0.3 is 0 Å². The first-order valence-corrected chi connectivity index (χ1v) is 5.43. The Morgan fingerprint density at radius 2 is 1.93 bits per heavy atom. The van der Waals surface area contributed by atoms with Crippen molar-refractivity contribution in [2.45, 2.75) is 13.3 Å². The number of aryl methyl sites for hydroxylation is 1. The van der Waals surface area contributed by atoms with Gasteiger partial charge in [-0.05, 0) is 6.42 Å². The van der Waals surface area contributed by atoms with Gasteiger partial charge < -0.3 is 5.73 Å². The summed E-state index contributed by atoms with van der Waals surface area (Å²) in [5, 5.41) is 0.653. The minimum absolute atomic E-state index is 0. The Labute approximate surface area is 99.6 Å². The van der Waals surface area contributed by atoms with E-state index in [0.29, 0.717) is 5.13 Å². The molecule has 0 atom stereocenters. The molecule has 1 heterocycles. The minimum Gasteiger partial charge on any atom is -0.375 e. The molecular formula is C11H13ClN2S. The van der Waals surface area contributed by atoms with Gasteiger partial charge in [-0.2, -0.15) is 0 Å². The molecule has 2 nitrogen and oxygen atoms in total. The molecule has 4 heteroatoms. The molecule has 0 aliphatic rings. The van der Waals surface area contributed by atoms with Crippen LogP contribution in [0.4, 0.5) is 5.13 Å². The molecule has 0 aliphatic carbocycles. The Morgan fingerprint density at radius 3 is 2.53 bits per heavy atom. The maximum Gasteiger partial charge on any atom is 0.180 e. The molecule has 2 rings (SSSR count). The number of benzene rings is 1. The third kappa shape index (κ3) is 2.49. The number of anilines is 1. The predicted molar refractivity (Wildman–Crippen MR) is 68.6 cm³/mol. The molecule has 1 aromatic carbocycles. The molecule has 2 N–H and O–H groups in total. The SMILES string of the molecule is CCc1sc(N)nc1-c1ccccc1.Cl. The van der Waals surface area contributed by atoms with E-state index in [9.17, 15) is 0 Å². The second-order valence-electron chi connectivity index (χ2n) is 3.04. The number of halogens is 1. The van der Waals surface area contributed by atoms with Crippen molar-refractivity contribution in [2.24, 2.45) is 0 Å². The Hall–Kier alpha value is -1.06. The van der Waals surface area contributed by atoms with Gasteiger partial charge in [0, 0.05) is 10.4 Å². The summed E-state index contributed by atoms with van der Waals surface area (Å²) in [4.78, 5) is 5.61. The summed E-state index contributed by atoms with van der Waals surface area (Å²) < 4.78 is 0. The van der Waals surface area contributed by atoms with E-state index in [1.54, 1.807) is 11.3 Å². The topological polar surface area (TPSA) is 38.9 Å². The van der Waals surface area contributed by atoms with E-state index in [1.165, 1.54) is 4.88 Å². The standard InChI is InChI=1S/C11H12N2S.ClH/c1-2-9-10(13-11(12)14-9)8-6-4-3-5-7-8;/h3-7H,2H2,1H3,(H2,12,13);1H. The van der Waals surface area contributed by atoms with E-state index in [0.717, 1.165) is 17.7 Å². The van der Waals surface area contributed by atoms with Crippen LogP contribution in [-0.2, 0) is 6.42 Å². The van der Waals surface area contributed by atoms with Gasteiger partial charge in [0.2, 0.25) is 0 Å². The Morgan fingerprint density at radius 1 is 1.27 bits per heavy atom. The first kappa shape index (κ1) is 12.0. The van der Waals surface area contributed by atoms with Crippen molar-refractivity contribution in [2.75, 3.05) is 5.73 Å². The lowest BCUT2D eigenvalue weighted by molar-refractivity contribution is 1.17. The summed E-state index contributed by atoms with van der Waals surface area (Å²) in [5.74, 6) is 0. The van der Waals surface area contributed by atoms with E-state index < -0.39 is 0 Å². The largest absolute Gasteiger partial charge is 0.375 e. The van der Waals surface area contributed by atoms with Crippen LogP contribution in [0.5, 0.6) is 0 Å². The maximum absolute atomic E-state index is 5.70. The van der Waals surface area contributed by atoms with Crippen LogP contribution in [0, 0.1) is 0 Å². The molecule has 1 aromatic heterocycles. The first-order valence-electron chi connectivity index (χ1n) is 4.62. The number of aromatic nitrogens is 1. The monoisotopic (exact) mass is 240 g/mol. The molecule has 80 valence electrons. The summed E-state index contributed by atoms with van der Waals surface area (Å²) in [5.41, 5.74) is 7.89. The van der Waals surface area contributed by atoms with E-state index in [-0.39, 0.29) is 12.4 Å².